The Labute approximate surface area is 137 Å². The number of hydrogen-bond acceptors (Lipinski definition) is 3. The Morgan fingerprint density at radius 3 is 2.75 bits per heavy atom. The molecule has 1 aromatic heterocycles. The average molecular weight is 328 g/mol. The third-order valence-corrected chi connectivity index (χ3v) is 3.60. The van der Waals surface area contributed by atoms with E-state index in [0.29, 0.717) is 5.88 Å². The highest BCUT2D eigenvalue weighted by molar-refractivity contribution is 5.94. The van der Waals surface area contributed by atoms with E-state index in [4.69, 9.17) is 4.74 Å². The van der Waals surface area contributed by atoms with E-state index in [1.54, 1.807) is 6.07 Å². The van der Waals surface area contributed by atoms with Crippen molar-refractivity contribution in [2.45, 2.75) is 6.54 Å². The van der Waals surface area contributed by atoms with Crippen LogP contribution in [-0.2, 0) is 6.54 Å². The fourth-order valence-electron chi connectivity index (χ4n) is 2.41. The van der Waals surface area contributed by atoms with E-state index in [1.165, 1.54) is 7.11 Å². The highest BCUT2D eigenvalue weighted by atomic mass is 19.1. The second-order valence-corrected chi connectivity index (χ2v) is 5.15. The molecule has 24 heavy (non-hydrogen) atoms. The summed E-state index contributed by atoms with van der Waals surface area (Å²) in [4.78, 5) is 16.4. The van der Waals surface area contributed by atoms with Gasteiger partial charge in [0.25, 0.3) is 5.91 Å². The second kappa shape index (κ2) is 6.62. The van der Waals surface area contributed by atoms with Crippen molar-refractivity contribution in [3.8, 4) is 5.88 Å². The maximum atomic E-state index is 13.7. The molecule has 0 aliphatic heterocycles. The minimum absolute atomic E-state index is 0.133. The summed E-state index contributed by atoms with van der Waals surface area (Å²) in [5.74, 6) is -1.72. The SMILES string of the molecule is COc1cc(CNC(=O)c2cc(F)ccc2F)c2ccccc2n1. The molecule has 0 aliphatic rings. The van der Waals surface area contributed by atoms with Gasteiger partial charge in [-0.05, 0) is 29.8 Å². The van der Waals surface area contributed by atoms with Crippen molar-refractivity contribution in [1.29, 1.82) is 0 Å². The van der Waals surface area contributed by atoms with E-state index in [0.717, 1.165) is 34.7 Å². The molecule has 4 nitrogen and oxygen atoms in total. The van der Waals surface area contributed by atoms with Crippen LogP contribution < -0.4 is 10.1 Å². The molecule has 1 heterocycles. The first-order chi connectivity index (χ1) is 11.6. The van der Waals surface area contributed by atoms with Crippen LogP contribution in [0, 0.1) is 11.6 Å². The molecule has 2 aromatic carbocycles. The highest BCUT2D eigenvalue weighted by Gasteiger charge is 2.13. The molecule has 122 valence electrons. The van der Waals surface area contributed by atoms with Crippen molar-refractivity contribution in [2.24, 2.45) is 0 Å². The summed E-state index contributed by atoms with van der Waals surface area (Å²) >= 11 is 0. The second-order valence-electron chi connectivity index (χ2n) is 5.15. The number of halogens is 2. The molecule has 1 N–H and O–H groups in total. The van der Waals surface area contributed by atoms with Crippen LogP contribution in [0.4, 0.5) is 8.78 Å². The van der Waals surface area contributed by atoms with E-state index in [2.05, 4.69) is 10.3 Å². The molecule has 3 rings (SSSR count). The number of ether oxygens (including phenoxy) is 1. The van der Waals surface area contributed by atoms with Gasteiger partial charge < -0.3 is 10.1 Å². The monoisotopic (exact) mass is 328 g/mol. The van der Waals surface area contributed by atoms with Gasteiger partial charge in [0.2, 0.25) is 5.88 Å². The van der Waals surface area contributed by atoms with Gasteiger partial charge in [0.1, 0.15) is 11.6 Å². The lowest BCUT2D eigenvalue weighted by Crippen LogP contribution is -2.24. The number of benzene rings is 2. The summed E-state index contributed by atoms with van der Waals surface area (Å²) in [5, 5.41) is 3.44. The summed E-state index contributed by atoms with van der Waals surface area (Å²) in [6, 6.07) is 11.9. The van der Waals surface area contributed by atoms with Crippen LogP contribution >= 0.6 is 0 Å². The van der Waals surface area contributed by atoms with Crippen molar-refractivity contribution in [2.75, 3.05) is 7.11 Å². The summed E-state index contributed by atoms with van der Waals surface area (Å²) < 4.78 is 32.0. The minimum atomic E-state index is -0.772. The van der Waals surface area contributed by atoms with Crippen molar-refractivity contribution in [1.82, 2.24) is 10.3 Å². The molecule has 0 unspecified atom stereocenters. The largest absolute Gasteiger partial charge is 0.481 e. The number of para-hydroxylation sites is 1. The average Bonchev–Trinajstić information content (AvgIpc) is 2.61. The number of aromatic nitrogens is 1. The smallest absolute Gasteiger partial charge is 0.254 e. The van der Waals surface area contributed by atoms with Crippen LogP contribution in [0.15, 0.2) is 48.5 Å². The van der Waals surface area contributed by atoms with Gasteiger partial charge in [-0.3, -0.25) is 4.79 Å². The molecule has 6 heteroatoms. The lowest BCUT2D eigenvalue weighted by molar-refractivity contribution is 0.0946. The number of fused-ring (bicyclic) bond motifs is 1. The molecule has 0 atom stereocenters. The Morgan fingerprint density at radius 1 is 1.17 bits per heavy atom. The normalized spacial score (nSPS) is 10.6. The molecule has 0 bridgehead atoms. The molecular formula is C18H14F2N2O2. The third-order valence-electron chi connectivity index (χ3n) is 3.60. The van der Waals surface area contributed by atoms with Gasteiger partial charge in [0.15, 0.2) is 0 Å². The van der Waals surface area contributed by atoms with Crippen molar-refractivity contribution in [3.63, 3.8) is 0 Å². The maximum Gasteiger partial charge on any atom is 0.254 e. The zero-order valence-electron chi connectivity index (χ0n) is 12.8. The summed E-state index contributed by atoms with van der Waals surface area (Å²) in [7, 11) is 1.50. The van der Waals surface area contributed by atoms with E-state index >= 15 is 0 Å². The van der Waals surface area contributed by atoms with Gasteiger partial charge in [-0.15, -0.1) is 0 Å². The molecule has 0 spiro atoms. The highest BCUT2D eigenvalue weighted by Crippen LogP contribution is 2.22. The third kappa shape index (κ3) is 3.17. The number of hydrogen-bond donors (Lipinski definition) is 1. The van der Waals surface area contributed by atoms with E-state index in [-0.39, 0.29) is 12.1 Å². The number of amides is 1. The zero-order chi connectivity index (χ0) is 17.1. The number of rotatable bonds is 4. The Hall–Kier alpha value is -3.02. The number of nitrogens with zero attached hydrogens (tertiary/aromatic N) is 1. The van der Waals surface area contributed by atoms with Gasteiger partial charge in [0, 0.05) is 18.0 Å². The van der Waals surface area contributed by atoms with Gasteiger partial charge in [-0.1, -0.05) is 18.2 Å². The van der Waals surface area contributed by atoms with Gasteiger partial charge in [-0.2, -0.15) is 0 Å². The quantitative estimate of drug-likeness (QED) is 0.798. The Bertz CT molecular complexity index is 913. The first kappa shape index (κ1) is 15.9. The molecule has 0 radical (unpaired) electrons. The molecule has 0 aliphatic carbocycles. The van der Waals surface area contributed by atoms with Crippen LogP contribution in [0.3, 0.4) is 0 Å². The van der Waals surface area contributed by atoms with Gasteiger partial charge in [-0.25, -0.2) is 13.8 Å². The number of methoxy groups -OCH3 is 1. The standard InChI is InChI=1S/C18H14F2N2O2/c1-24-17-8-11(13-4-2-3-5-16(13)22-17)10-21-18(23)14-9-12(19)6-7-15(14)20/h2-9H,10H2,1H3,(H,21,23). The summed E-state index contributed by atoms with van der Waals surface area (Å²) in [6.45, 7) is 0.133. The van der Waals surface area contributed by atoms with Gasteiger partial charge >= 0.3 is 0 Å². The molecule has 0 saturated heterocycles. The number of carbonyl (C=O) groups excluding carboxylic acids is 1. The zero-order valence-corrected chi connectivity index (χ0v) is 12.8. The predicted molar refractivity (Wildman–Crippen MR) is 85.8 cm³/mol. The Kier molecular flexibility index (Phi) is 4.37. The van der Waals surface area contributed by atoms with Crippen LogP contribution in [0.1, 0.15) is 15.9 Å². The van der Waals surface area contributed by atoms with E-state index < -0.39 is 17.5 Å². The molecular weight excluding hydrogens is 314 g/mol. The molecule has 1 amide bonds. The summed E-state index contributed by atoms with van der Waals surface area (Å²) in [5.41, 5.74) is 1.15. The van der Waals surface area contributed by atoms with Crippen molar-refractivity contribution < 1.29 is 18.3 Å². The molecule has 3 aromatic rings. The fraction of sp³-hybridized carbons (Fsp3) is 0.111. The predicted octanol–water partition coefficient (Wildman–Crippen LogP) is 3.45. The lowest BCUT2D eigenvalue weighted by atomic mass is 10.1. The lowest BCUT2D eigenvalue weighted by Gasteiger charge is -2.10. The molecule has 0 saturated carbocycles. The van der Waals surface area contributed by atoms with Crippen LogP contribution in [-0.4, -0.2) is 18.0 Å². The topological polar surface area (TPSA) is 51.2 Å². The van der Waals surface area contributed by atoms with Crippen molar-refractivity contribution in [3.05, 3.63) is 71.3 Å². The number of pyridine rings is 1. The van der Waals surface area contributed by atoms with E-state index in [9.17, 15) is 13.6 Å². The van der Waals surface area contributed by atoms with Crippen LogP contribution in [0.5, 0.6) is 5.88 Å². The Balaban J connectivity index is 1.87. The Morgan fingerprint density at radius 2 is 1.96 bits per heavy atom. The van der Waals surface area contributed by atoms with Crippen LogP contribution in [0.2, 0.25) is 0 Å². The summed E-state index contributed by atoms with van der Waals surface area (Å²) in [6.07, 6.45) is 0. The minimum Gasteiger partial charge on any atom is -0.481 e. The van der Waals surface area contributed by atoms with Crippen LogP contribution in [0.25, 0.3) is 10.9 Å². The number of nitrogens with one attached hydrogen (secondary N) is 1. The maximum absolute atomic E-state index is 13.7. The van der Waals surface area contributed by atoms with E-state index in [1.807, 2.05) is 24.3 Å². The fourth-order valence-corrected chi connectivity index (χ4v) is 2.41. The first-order valence-corrected chi connectivity index (χ1v) is 7.24. The van der Waals surface area contributed by atoms with Gasteiger partial charge in [0.05, 0.1) is 18.2 Å². The number of carbonyl (C=O) groups is 1. The molecule has 0 fully saturated rings. The van der Waals surface area contributed by atoms with Crippen molar-refractivity contribution >= 4 is 16.8 Å². The first-order valence-electron chi connectivity index (χ1n) is 7.24.